The van der Waals surface area contributed by atoms with E-state index in [2.05, 4.69) is 31.1 Å². The number of alkyl halides is 3. The van der Waals surface area contributed by atoms with Gasteiger partial charge in [-0.1, -0.05) is 11.6 Å². The summed E-state index contributed by atoms with van der Waals surface area (Å²) in [6.07, 6.45) is -4.76. The van der Waals surface area contributed by atoms with Crippen LogP contribution in [0.4, 0.5) is 24.5 Å². The summed E-state index contributed by atoms with van der Waals surface area (Å²) >= 11 is 6.01. The number of nitrogens with one attached hydrogen (secondary N) is 2. The van der Waals surface area contributed by atoms with Crippen molar-refractivity contribution in [3.05, 3.63) is 75.8 Å². The minimum atomic E-state index is -4.76. The third-order valence-corrected chi connectivity index (χ3v) is 5.66. The van der Waals surface area contributed by atoms with E-state index in [0.29, 0.717) is 22.0 Å². The van der Waals surface area contributed by atoms with Crippen molar-refractivity contribution < 1.29 is 22.8 Å². The smallest absolute Gasteiger partial charge is 0.399 e. The van der Waals surface area contributed by atoms with Crippen LogP contribution < -0.4 is 16.4 Å². The van der Waals surface area contributed by atoms with Gasteiger partial charge in [0.15, 0.2) is 0 Å². The van der Waals surface area contributed by atoms with Gasteiger partial charge >= 0.3 is 6.18 Å². The van der Waals surface area contributed by atoms with Crippen molar-refractivity contribution >= 4 is 34.8 Å². The maximum absolute atomic E-state index is 13.6. The summed E-state index contributed by atoms with van der Waals surface area (Å²) in [5.41, 5.74) is 7.33. The molecule has 0 unspecified atom stereocenters. The first-order chi connectivity index (χ1) is 18.6. The second-order valence-corrected chi connectivity index (χ2v) is 10.4. The SMILES string of the molecule is Cc1cc(N)cc(C(=O)NC(C)(C)C)c1NC(=O)c1cc(Cn2nnc(C(F)(F)F)n2)nn1-c1ccc(Cl)cc1. The molecule has 0 fully saturated rings. The second-order valence-electron chi connectivity index (χ2n) is 9.97. The standard InChI is InChI=1S/C25H25ClF3N9O2/c1-13-9-15(30)10-18(21(39)32-24(2,3)4)20(13)31-22(40)19-11-16(12-37-35-23(33-36-37)25(27,28)29)34-38(19)17-7-5-14(26)6-8-17/h5-11H,12,30H2,1-4H3,(H,31,40)(H,32,39). The summed E-state index contributed by atoms with van der Waals surface area (Å²) in [5.74, 6) is -2.49. The summed E-state index contributed by atoms with van der Waals surface area (Å²) < 4.78 is 40.0. The van der Waals surface area contributed by atoms with Crippen LogP contribution in [-0.4, -0.2) is 47.3 Å². The first kappa shape index (κ1) is 28.5. The number of carbonyl (C=O) groups excluding carboxylic acids is 2. The zero-order valence-corrected chi connectivity index (χ0v) is 22.6. The number of nitrogen functional groups attached to an aromatic ring is 1. The second kappa shape index (κ2) is 10.6. The molecule has 0 bridgehead atoms. The zero-order chi connectivity index (χ0) is 29.4. The summed E-state index contributed by atoms with van der Waals surface area (Å²) in [6, 6.07) is 10.9. The quantitative estimate of drug-likeness (QED) is 0.291. The summed E-state index contributed by atoms with van der Waals surface area (Å²) in [4.78, 5) is 27.4. The minimum absolute atomic E-state index is 0.0203. The molecule has 0 radical (unpaired) electrons. The van der Waals surface area contributed by atoms with E-state index in [0.717, 1.165) is 4.80 Å². The first-order valence-electron chi connectivity index (χ1n) is 11.8. The number of aromatic nitrogens is 6. The fourth-order valence-electron chi connectivity index (χ4n) is 3.76. The predicted octanol–water partition coefficient (Wildman–Crippen LogP) is 4.25. The molecule has 2 amide bonds. The number of rotatable bonds is 6. The van der Waals surface area contributed by atoms with E-state index in [1.165, 1.54) is 16.8 Å². The molecule has 2 heterocycles. The Kier molecular flexibility index (Phi) is 7.57. The van der Waals surface area contributed by atoms with Gasteiger partial charge in [0.2, 0.25) is 0 Å². The molecular weight excluding hydrogens is 551 g/mol. The Labute approximate surface area is 231 Å². The summed E-state index contributed by atoms with van der Waals surface area (Å²) in [6.45, 7) is 6.84. The van der Waals surface area contributed by atoms with Crippen molar-refractivity contribution in [1.29, 1.82) is 0 Å². The van der Waals surface area contributed by atoms with Crippen LogP contribution in [0.3, 0.4) is 0 Å². The van der Waals surface area contributed by atoms with E-state index >= 15 is 0 Å². The molecule has 11 nitrogen and oxygen atoms in total. The number of nitrogens with zero attached hydrogens (tertiary/aromatic N) is 6. The number of nitrogens with two attached hydrogens (primary N) is 1. The molecule has 4 aromatic rings. The topological polar surface area (TPSA) is 146 Å². The lowest BCUT2D eigenvalue weighted by molar-refractivity contribution is -0.145. The molecule has 0 spiro atoms. The van der Waals surface area contributed by atoms with Crippen molar-refractivity contribution in [1.82, 2.24) is 35.3 Å². The fourth-order valence-corrected chi connectivity index (χ4v) is 3.89. The van der Waals surface area contributed by atoms with Crippen molar-refractivity contribution in [2.75, 3.05) is 11.1 Å². The van der Waals surface area contributed by atoms with Gasteiger partial charge in [-0.3, -0.25) is 9.59 Å². The Morgan fingerprint density at radius 2 is 1.70 bits per heavy atom. The monoisotopic (exact) mass is 575 g/mol. The highest BCUT2D eigenvalue weighted by Gasteiger charge is 2.37. The molecular formula is C25H25ClF3N9O2. The molecule has 2 aromatic heterocycles. The number of halogens is 4. The van der Waals surface area contributed by atoms with Crippen LogP contribution in [0.1, 0.15) is 58.7 Å². The normalized spacial score (nSPS) is 11.9. The van der Waals surface area contributed by atoms with Gasteiger partial charge in [-0.25, -0.2) is 4.68 Å². The van der Waals surface area contributed by atoms with Gasteiger partial charge in [0.05, 0.1) is 22.6 Å². The Balaban J connectivity index is 1.73. The number of amides is 2. The minimum Gasteiger partial charge on any atom is -0.399 e. The molecule has 210 valence electrons. The van der Waals surface area contributed by atoms with E-state index in [9.17, 15) is 22.8 Å². The molecule has 0 aliphatic heterocycles. The Morgan fingerprint density at radius 1 is 1.02 bits per heavy atom. The molecule has 0 aliphatic rings. The number of anilines is 2. The van der Waals surface area contributed by atoms with E-state index in [4.69, 9.17) is 17.3 Å². The lowest BCUT2D eigenvalue weighted by atomic mass is 10.0. The van der Waals surface area contributed by atoms with Gasteiger partial charge in [-0.15, -0.1) is 10.2 Å². The largest absolute Gasteiger partial charge is 0.455 e. The maximum Gasteiger partial charge on any atom is 0.455 e. The van der Waals surface area contributed by atoms with Gasteiger partial charge < -0.3 is 16.4 Å². The van der Waals surface area contributed by atoms with Crippen LogP contribution in [0.25, 0.3) is 5.69 Å². The number of aryl methyl sites for hydroxylation is 1. The van der Waals surface area contributed by atoms with Gasteiger partial charge in [0.1, 0.15) is 12.2 Å². The average molecular weight is 576 g/mol. The number of hydrogen-bond acceptors (Lipinski definition) is 7. The molecule has 0 saturated carbocycles. The molecule has 40 heavy (non-hydrogen) atoms. The van der Waals surface area contributed by atoms with Crippen LogP contribution in [0.5, 0.6) is 0 Å². The lowest BCUT2D eigenvalue weighted by Crippen LogP contribution is -2.41. The van der Waals surface area contributed by atoms with E-state index in [1.807, 2.05) is 20.8 Å². The summed E-state index contributed by atoms with van der Waals surface area (Å²) in [5, 5.41) is 20.2. The van der Waals surface area contributed by atoms with Crippen molar-refractivity contribution in [2.45, 2.75) is 46.0 Å². The Bertz CT molecular complexity index is 1570. The van der Waals surface area contributed by atoms with E-state index in [1.54, 1.807) is 37.3 Å². The van der Waals surface area contributed by atoms with Gasteiger partial charge in [-0.2, -0.15) is 23.1 Å². The molecule has 4 N–H and O–H groups in total. The maximum atomic E-state index is 13.6. The van der Waals surface area contributed by atoms with Crippen LogP contribution in [-0.2, 0) is 12.7 Å². The third-order valence-electron chi connectivity index (χ3n) is 5.40. The third kappa shape index (κ3) is 6.57. The summed E-state index contributed by atoms with van der Waals surface area (Å²) in [7, 11) is 0. The van der Waals surface area contributed by atoms with E-state index in [-0.39, 0.29) is 29.2 Å². The fraction of sp³-hybridized carbons (Fsp3) is 0.280. The van der Waals surface area contributed by atoms with Gasteiger partial charge in [0, 0.05) is 16.2 Å². The first-order valence-corrected chi connectivity index (χ1v) is 12.2. The average Bonchev–Trinajstić information content (AvgIpc) is 3.48. The van der Waals surface area contributed by atoms with Crippen LogP contribution in [0, 0.1) is 6.92 Å². The highest BCUT2D eigenvalue weighted by molar-refractivity contribution is 6.30. The number of tetrazole rings is 1. The van der Waals surface area contributed by atoms with Crippen LogP contribution in [0.2, 0.25) is 5.02 Å². The highest BCUT2D eigenvalue weighted by Crippen LogP contribution is 2.27. The zero-order valence-electron chi connectivity index (χ0n) is 21.8. The van der Waals surface area contributed by atoms with Gasteiger partial charge in [0.25, 0.3) is 17.6 Å². The molecule has 4 rings (SSSR count). The number of hydrogen-bond donors (Lipinski definition) is 3. The van der Waals surface area contributed by atoms with Crippen LogP contribution in [0.15, 0.2) is 42.5 Å². The van der Waals surface area contributed by atoms with E-state index < -0.39 is 29.4 Å². The number of benzene rings is 2. The molecule has 0 saturated heterocycles. The van der Waals surface area contributed by atoms with Crippen molar-refractivity contribution in [3.8, 4) is 5.69 Å². The van der Waals surface area contributed by atoms with Crippen LogP contribution >= 0.6 is 11.6 Å². The number of carbonyl (C=O) groups is 2. The Morgan fingerprint density at radius 3 is 2.30 bits per heavy atom. The van der Waals surface area contributed by atoms with Crippen molar-refractivity contribution in [3.63, 3.8) is 0 Å². The van der Waals surface area contributed by atoms with Crippen molar-refractivity contribution in [2.24, 2.45) is 0 Å². The molecule has 0 aliphatic carbocycles. The molecule has 0 atom stereocenters. The highest BCUT2D eigenvalue weighted by atomic mass is 35.5. The molecule has 2 aromatic carbocycles. The van der Waals surface area contributed by atoms with Gasteiger partial charge in [-0.05, 0) is 80.9 Å². The predicted molar refractivity (Wildman–Crippen MR) is 141 cm³/mol. The Hall–Kier alpha value is -4.46. The molecule has 15 heteroatoms. The lowest BCUT2D eigenvalue weighted by Gasteiger charge is -2.22.